The van der Waals surface area contributed by atoms with Crippen LogP contribution < -0.4 is 5.73 Å². The highest BCUT2D eigenvalue weighted by molar-refractivity contribution is 5.21. The molecular formula is C17H33N3O. The zero-order chi connectivity index (χ0) is 15.3. The Morgan fingerprint density at radius 1 is 1.14 bits per heavy atom. The number of nitrogens with zero attached hydrogens (tertiary/aromatic N) is 2. The predicted octanol–water partition coefficient (Wildman–Crippen LogP) is 1.40. The van der Waals surface area contributed by atoms with Crippen LogP contribution in [0.2, 0.25) is 0 Å². The summed E-state index contributed by atoms with van der Waals surface area (Å²) in [5.74, 6) is 1.33. The Morgan fingerprint density at radius 3 is 2.38 bits per heavy atom. The van der Waals surface area contributed by atoms with Crippen LogP contribution in [0, 0.1) is 17.3 Å². The fourth-order valence-corrected chi connectivity index (χ4v) is 4.81. The van der Waals surface area contributed by atoms with Crippen molar-refractivity contribution in [2.75, 3.05) is 45.9 Å². The van der Waals surface area contributed by atoms with E-state index in [0.717, 1.165) is 25.5 Å². The number of hydrogen-bond acceptors (Lipinski definition) is 4. The lowest BCUT2D eigenvalue weighted by molar-refractivity contribution is -0.164. The highest BCUT2D eigenvalue weighted by atomic mass is 16.5. The molecule has 0 amide bonds. The molecule has 4 heteroatoms. The zero-order valence-corrected chi connectivity index (χ0v) is 14.3. The lowest BCUT2D eigenvalue weighted by Gasteiger charge is -2.63. The van der Waals surface area contributed by atoms with E-state index in [-0.39, 0.29) is 11.0 Å². The van der Waals surface area contributed by atoms with E-state index in [1.807, 2.05) is 0 Å². The molecule has 3 rings (SSSR count). The van der Waals surface area contributed by atoms with Crippen molar-refractivity contribution in [3.05, 3.63) is 0 Å². The Balaban J connectivity index is 1.56. The van der Waals surface area contributed by atoms with Crippen LogP contribution in [0.5, 0.6) is 0 Å². The molecule has 2 aliphatic heterocycles. The molecule has 2 N–H and O–H groups in total. The monoisotopic (exact) mass is 295 g/mol. The number of nitrogens with two attached hydrogens (primary N) is 1. The fourth-order valence-electron chi connectivity index (χ4n) is 4.81. The summed E-state index contributed by atoms with van der Waals surface area (Å²) >= 11 is 0. The van der Waals surface area contributed by atoms with E-state index in [1.165, 1.54) is 32.7 Å². The quantitative estimate of drug-likeness (QED) is 0.851. The van der Waals surface area contributed by atoms with Gasteiger partial charge in [0.2, 0.25) is 0 Å². The summed E-state index contributed by atoms with van der Waals surface area (Å²) in [6, 6.07) is 0. The molecule has 3 aliphatic rings. The molecule has 0 radical (unpaired) electrons. The lowest BCUT2D eigenvalue weighted by Crippen LogP contribution is -2.78. The molecule has 4 nitrogen and oxygen atoms in total. The van der Waals surface area contributed by atoms with Gasteiger partial charge in [0.05, 0.1) is 6.10 Å². The van der Waals surface area contributed by atoms with Crippen LogP contribution in [0.15, 0.2) is 0 Å². The van der Waals surface area contributed by atoms with Crippen molar-refractivity contribution in [3.8, 4) is 0 Å². The maximum absolute atomic E-state index is 6.88. The van der Waals surface area contributed by atoms with Gasteiger partial charge in [-0.3, -0.25) is 4.90 Å². The molecule has 0 aromatic heterocycles. The summed E-state index contributed by atoms with van der Waals surface area (Å²) in [5, 5.41) is 0. The third-order valence-electron chi connectivity index (χ3n) is 6.24. The van der Waals surface area contributed by atoms with E-state index >= 15 is 0 Å². The van der Waals surface area contributed by atoms with Crippen LogP contribution in [-0.4, -0.2) is 67.3 Å². The summed E-state index contributed by atoms with van der Waals surface area (Å²) < 4.78 is 5.91. The molecule has 2 saturated heterocycles. The standard InChI is InChI=1S/C17H33N3O/c1-13(2)11-19-6-8-20(9-7-19)12-17(18)14-5-10-21-15(14)16(17,3)4/h13-15H,5-12,18H2,1-4H3. The average molecular weight is 295 g/mol. The summed E-state index contributed by atoms with van der Waals surface area (Å²) in [5.41, 5.74) is 6.93. The third kappa shape index (κ3) is 2.54. The van der Waals surface area contributed by atoms with Crippen LogP contribution in [0.1, 0.15) is 34.1 Å². The van der Waals surface area contributed by atoms with Gasteiger partial charge in [0.1, 0.15) is 0 Å². The maximum Gasteiger partial charge on any atom is 0.0691 e. The van der Waals surface area contributed by atoms with E-state index in [2.05, 4.69) is 37.5 Å². The zero-order valence-electron chi connectivity index (χ0n) is 14.3. The normalized spacial score (nSPS) is 40.3. The molecule has 3 fully saturated rings. The largest absolute Gasteiger partial charge is 0.377 e. The second kappa shape index (κ2) is 5.48. The topological polar surface area (TPSA) is 41.7 Å². The molecule has 0 aromatic carbocycles. The molecule has 21 heavy (non-hydrogen) atoms. The van der Waals surface area contributed by atoms with Crippen LogP contribution in [0.4, 0.5) is 0 Å². The van der Waals surface area contributed by atoms with E-state index < -0.39 is 0 Å². The van der Waals surface area contributed by atoms with Crippen molar-refractivity contribution in [3.63, 3.8) is 0 Å². The Morgan fingerprint density at radius 2 is 1.76 bits per heavy atom. The Kier molecular flexibility index (Phi) is 4.11. The van der Waals surface area contributed by atoms with Crippen LogP contribution in [0.3, 0.4) is 0 Å². The van der Waals surface area contributed by atoms with Gasteiger partial charge in [-0.15, -0.1) is 0 Å². The first kappa shape index (κ1) is 15.7. The highest BCUT2D eigenvalue weighted by Crippen LogP contribution is 2.58. The molecule has 0 bridgehead atoms. The van der Waals surface area contributed by atoms with Crippen molar-refractivity contribution in [1.82, 2.24) is 9.80 Å². The smallest absolute Gasteiger partial charge is 0.0691 e. The Labute approximate surface area is 130 Å². The van der Waals surface area contributed by atoms with Crippen molar-refractivity contribution >= 4 is 0 Å². The lowest BCUT2D eigenvalue weighted by atomic mass is 9.48. The summed E-state index contributed by atoms with van der Waals surface area (Å²) in [7, 11) is 0. The number of fused-ring (bicyclic) bond motifs is 1. The molecular weight excluding hydrogens is 262 g/mol. The minimum Gasteiger partial charge on any atom is -0.377 e. The van der Waals surface area contributed by atoms with Crippen molar-refractivity contribution in [2.24, 2.45) is 23.0 Å². The second-order valence-electron chi connectivity index (χ2n) is 8.42. The molecule has 3 unspecified atom stereocenters. The molecule has 0 spiro atoms. The van der Waals surface area contributed by atoms with Crippen molar-refractivity contribution in [1.29, 1.82) is 0 Å². The van der Waals surface area contributed by atoms with Gasteiger partial charge in [-0.1, -0.05) is 27.7 Å². The number of rotatable bonds is 4. The first-order valence-electron chi connectivity index (χ1n) is 8.70. The molecule has 1 saturated carbocycles. The van der Waals surface area contributed by atoms with Crippen molar-refractivity contribution < 1.29 is 4.74 Å². The van der Waals surface area contributed by atoms with Gasteiger partial charge < -0.3 is 15.4 Å². The summed E-state index contributed by atoms with van der Waals surface area (Å²) in [4.78, 5) is 5.19. The minimum absolute atomic E-state index is 0.0611. The number of ether oxygens (including phenoxy) is 1. The maximum atomic E-state index is 6.88. The average Bonchev–Trinajstić information content (AvgIpc) is 2.89. The molecule has 122 valence electrons. The van der Waals surface area contributed by atoms with Gasteiger partial charge in [0.25, 0.3) is 0 Å². The Bertz CT molecular complexity index is 376. The molecule has 1 aliphatic carbocycles. The molecule has 3 atom stereocenters. The van der Waals surface area contributed by atoms with Gasteiger partial charge in [-0.05, 0) is 12.3 Å². The third-order valence-corrected chi connectivity index (χ3v) is 6.24. The number of hydrogen-bond donors (Lipinski definition) is 1. The van der Waals surface area contributed by atoms with Crippen LogP contribution in [0.25, 0.3) is 0 Å². The first-order chi connectivity index (χ1) is 9.84. The SMILES string of the molecule is CC(C)CN1CCN(CC2(N)C3CCOC3C2(C)C)CC1. The second-order valence-corrected chi connectivity index (χ2v) is 8.42. The number of piperazine rings is 1. The molecule has 0 aromatic rings. The van der Waals surface area contributed by atoms with Gasteiger partial charge in [-0.2, -0.15) is 0 Å². The van der Waals surface area contributed by atoms with Gasteiger partial charge >= 0.3 is 0 Å². The van der Waals surface area contributed by atoms with Crippen LogP contribution >= 0.6 is 0 Å². The fraction of sp³-hybridized carbons (Fsp3) is 1.00. The highest BCUT2D eigenvalue weighted by Gasteiger charge is 2.67. The summed E-state index contributed by atoms with van der Waals surface area (Å²) in [6.45, 7) is 17.1. The van der Waals surface area contributed by atoms with Gasteiger partial charge in [0.15, 0.2) is 0 Å². The van der Waals surface area contributed by atoms with Gasteiger partial charge in [-0.25, -0.2) is 0 Å². The predicted molar refractivity (Wildman–Crippen MR) is 86.3 cm³/mol. The van der Waals surface area contributed by atoms with E-state index in [4.69, 9.17) is 10.5 Å². The summed E-state index contributed by atoms with van der Waals surface area (Å²) in [6.07, 6.45) is 1.54. The van der Waals surface area contributed by atoms with Gasteiger partial charge in [0, 0.05) is 62.7 Å². The van der Waals surface area contributed by atoms with Crippen molar-refractivity contribution in [2.45, 2.75) is 45.8 Å². The minimum atomic E-state index is -0.0611. The van der Waals surface area contributed by atoms with E-state index in [0.29, 0.717) is 12.0 Å². The first-order valence-corrected chi connectivity index (χ1v) is 8.70. The van der Waals surface area contributed by atoms with E-state index in [9.17, 15) is 0 Å². The van der Waals surface area contributed by atoms with Crippen LogP contribution in [-0.2, 0) is 4.74 Å². The van der Waals surface area contributed by atoms with E-state index in [1.54, 1.807) is 0 Å². The molecule has 2 heterocycles. The Hall–Kier alpha value is -0.160.